The van der Waals surface area contributed by atoms with Crippen molar-refractivity contribution in [2.75, 3.05) is 6.54 Å². The number of aryl methyl sites for hydroxylation is 1. The van der Waals surface area contributed by atoms with E-state index in [2.05, 4.69) is 36.1 Å². The number of nitrogens with one attached hydrogen (secondary N) is 1. The molecule has 3 nitrogen and oxygen atoms in total. The minimum atomic E-state index is 0.547. The Morgan fingerprint density at radius 1 is 1.21 bits per heavy atom. The molecule has 3 heteroatoms. The van der Waals surface area contributed by atoms with E-state index in [-0.39, 0.29) is 0 Å². The lowest BCUT2D eigenvalue weighted by atomic mass is 9.91. The predicted octanol–water partition coefficient (Wildman–Crippen LogP) is 2.92. The molecule has 2 rings (SSSR count). The van der Waals surface area contributed by atoms with E-state index < -0.39 is 0 Å². The zero-order chi connectivity index (χ0) is 13.7. The number of nitrogens with zero attached hydrogens (tertiary/aromatic N) is 2. The van der Waals surface area contributed by atoms with Gasteiger partial charge in [-0.15, -0.1) is 0 Å². The van der Waals surface area contributed by atoms with E-state index in [9.17, 15) is 0 Å². The molecule has 0 fully saturated rings. The van der Waals surface area contributed by atoms with E-state index in [1.165, 1.54) is 42.6 Å². The van der Waals surface area contributed by atoms with Crippen LogP contribution in [-0.2, 0) is 19.3 Å². The van der Waals surface area contributed by atoms with E-state index in [0.717, 1.165) is 25.3 Å². The molecule has 0 spiro atoms. The fourth-order valence-electron chi connectivity index (χ4n) is 3.09. The maximum atomic E-state index is 4.57. The highest BCUT2D eigenvalue weighted by Gasteiger charge is 2.18. The number of aromatic nitrogens is 2. The molecule has 0 amide bonds. The second-order valence-corrected chi connectivity index (χ2v) is 6.04. The highest BCUT2D eigenvalue weighted by molar-refractivity contribution is 5.27. The normalized spacial score (nSPS) is 16.4. The lowest BCUT2D eigenvalue weighted by Gasteiger charge is -2.23. The van der Waals surface area contributed by atoms with Crippen molar-refractivity contribution in [1.82, 2.24) is 15.3 Å². The molecular weight excluding hydrogens is 234 g/mol. The van der Waals surface area contributed by atoms with Crippen molar-refractivity contribution in [3.63, 3.8) is 0 Å². The molecule has 1 atom stereocenters. The van der Waals surface area contributed by atoms with Crippen LogP contribution in [0.1, 0.15) is 57.0 Å². The van der Waals surface area contributed by atoms with E-state index in [1.54, 1.807) is 6.33 Å². The van der Waals surface area contributed by atoms with Gasteiger partial charge in [0.2, 0.25) is 0 Å². The first-order chi connectivity index (χ1) is 9.20. The van der Waals surface area contributed by atoms with Crippen LogP contribution in [0.4, 0.5) is 0 Å². The van der Waals surface area contributed by atoms with Crippen LogP contribution in [0.5, 0.6) is 0 Å². The van der Waals surface area contributed by atoms with Gasteiger partial charge >= 0.3 is 0 Å². The molecule has 0 bridgehead atoms. The summed E-state index contributed by atoms with van der Waals surface area (Å²) in [6.07, 6.45) is 8.92. The fourth-order valence-corrected chi connectivity index (χ4v) is 3.09. The Kier molecular flexibility index (Phi) is 5.32. The lowest BCUT2D eigenvalue weighted by molar-refractivity contribution is 0.419. The van der Waals surface area contributed by atoms with Crippen LogP contribution in [-0.4, -0.2) is 22.6 Å². The van der Waals surface area contributed by atoms with Gasteiger partial charge in [-0.1, -0.05) is 20.8 Å². The van der Waals surface area contributed by atoms with Crippen molar-refractivity contribution in [3.05, 3.63) is 23.3 Å². The summed E-state index contributed by atoms with van der Waals surface area (Å²) in [5, 5.41) is 3.61. The first-order valence-corrected chi connectivity index (χ1v) is 7.75. The van der Waals surface area contributed by atoms with Crippen LogP contribution in [0.25, 0.3) is 0 Å². The van der Waals surface area contributed by atoms with Crippen LogP contribution in [0.15, 0.2) is 6.33 Å². The van der Waals surface area contributed by atoms with Gasteiger partial charge in [-0.2, -0.15) is 0 Å². The standard InChI is InChI=1S/C16H27N3/c1-4-17-13(9-12(2)3)10-16-14-7-5-6-8-15(14)18-11-19-16/h11-13,17H,4-10H2,1-3H3. The highest BCUT2D eigenvalue weighted by atomic mass is 14.9. The molecule has 1 unspecified atom stereocenters. The average Bonchev–Trinajstić information content (AvgIpc) is 2.39. The fraction of sp³-hybridized carbons (Fsp3) is 0.750. The number of likely N-dealkylation sites (N-methyl/N-ethyl adjacent to an activating group) is 1. The van der Waals surface area contributed by atoms with Crippen LogP contribution in [0.2, 0.25) is 0 Å². The van der Waals surface area contributed by atoms with Crippen molar-refractivity contribution in [2.24, 2.45) is 5.92 Å². The SMILES string of the molecule is CCNC(Cc1ncnc2c1CCCC2)CC(C)C. The van der Waals surface area contributed by atoms with Gasteiger partial charge in [-0.05, 0) is 50.1 Å². The number of hydrogen-bond donors (Lipinski definition) is 1. The van der Waals surface area contributed by atoms with Crippen molar-refractivity contribution in [1.29, 1.82) is 0 Å². The molecule has 1 aromatic heterocycles. The van der Waals surface area contributed by atoms with Gasteiger partial charge in [0, 0.05) is 23.9 Å². The van der Waals surface area contributed by atoms with Crippen LogP contribution in [0, 0.1) is 5.92 Å². The third-order valence-electron chi connectivity index (χ3n) is 3.90. The lowest BCUT2D eigenvalue weighted by Crippen LogP contribution is -2.33. The second kappa shape index (κ2) is 6.99. The summed E-state index contributed by atoms with van der Waals surface area (Å²) in [5.41, 5.74) is 4.03. The van der Waals surface area contributed by atoms with E-state index in [4.69, 9.17) is 0 Å². The zero-order valence-corrected chi connectivity index (χ0v) is 12.6. The summed E-state index contributed by atoms with van der Waals surface area (Å²) in [5.74, 6) is 0.724. The minimum Gasteiger partial charge on any atom is -0.314 e. The maximum Gasteiger partial charge on any atom is 0.115 e. The van der Waals surface area contributed by atoms with Crippen molar-refractivity contribution >= 4 is 0 Å². The molecule has 19 heavy (non-hydrogen) atoms. The predicted molar refractivity (Wildman–Crippen MR) is 79.3 cm³/mol. The number of rotatable bonds is 6. The van der Waals surface area contributed by atoms with Gasteiger partial charge in [-0.3, -0.25) is 0 Å². The smallest absolute Gasteiger partial charge is 0.115 e. The zero-order valence-electron chi connectivity index (χ0n) is 12.6. The molecule has 106 valence electrons. The van der Waals surface area contributed by atoms with Gasteiger partial charge in [0.25, 0.3) is 0 Å². The molecule has 0 aromatic carbocycles. The summed E-state index contributed by atoms with van der Waals surface area (Å²) >= 11 is 0. The summed E-state index contributed by atoms with van der Waals surface area (Å²) in [4.78, 5) is 9.03. The Labute approximate surface area is 117 Å². The summed E-state index contributed by atoms with van der Waals surface area (Å²) < 4.78 is 0. The first-order valence-electron chi connectivity index (χ1n) is 7.75. The Morgan fingerprint density at radius 3 is 2.74 bits per heavy atom. The average molecular weight is 261 g/mol. The van der Waals surface area contributed by atoms with Gasteiger partial charge in [-0.25, -0.2) is 9.97 Å². The summed E-state index contributed by atoms with van der Waals surface area (Å²) in [6, 6.07) is 0.547. The maximum absolute atomic E-state index is 4.57. The molecule has 0 saturated carbocycles. The van der Waals surface area contributed by atoms with E-state index in [0.29, 0.717) is 6.04 Å². The highest BCUT2D eigenvalue weighted by Crippen LogP contribution is 2.22. The number of fused-ring (bicyclic) bond motifs is 1. The van der Waals surface area contributed by atoms with Crippen molar-refractivity contribution in [2.45, 2.75) is 65.3 Å². The Balaban J connectivity index is 2.12. The van der Waals surface area contributed by atoms with Crippen LogP contribution in [0.3, 0.4) is 0 Å². The summed E-state index contributed by atoms with van der Waals surface area (Å²) in [6.45, 7) is 7.80. The Hall–Kier alpha value is -0.960. The van der Waals surface area contributed by atoms with E-state index in [1.807, 2.05) is 0 Å². The third kappa shape index (κ3) is 4.00. The molecule has 1 heterocycles. The Bertz CT molecular complexity index is 401. The largest absolute Gasteiger partial charge is 0.314 e. The van der Waals surface area contributed by atoms with Gasteiger partial charge in [0.05, 0.1) is 0 Å². The van der Waals surface area contributed by atoms with Gasteiger partial charge < -0.3 is 5.32 Å². The van der Waals surface area contributed by atoms with Crippen LogP contribution >= 0.6 is 0 Å². The molecule has 1 aliphatic carbocycles. The molecule has 0 aliphatic heterocycles. The van der Waals surface area contributed by atoms with Crippen molar-refractivity contribution < 1.29 is 0 Å². The molecule has 0 saturated heterocycles. The first kappa shape index (κ1) is 14.4. The summed E-state index contributed by atoms with van der Waals surface area (Å²) in [7, 11) is 0. The van der Waals surface area contributed by atoms with Gasteiger partial charge in [0.1, 0.15) is 6.33 Å². The number of hydrogen-bond acceptors (Lipinski definition) is 3. The molecule has 1 N–H and O–H groups in total. The van der Waals surface area contributed by atoms with Crippen LogP contribution < -0.4 is 5.32 Å². The van der Waals surface area contributed by atoms with Gasteiger partial charge in [0.15, 0.2) is 0 Å². The topological polar surface area (TPSA) is 37.8 Å². The molecule has 0 radical (unpaired) electrons. The molecular formula is C16H27N3. The third-order valence-corrected chi connectivity index (χ3v) is 3.90. The monoisotopic (exact) mass is 261 g/mol. The minimum absolute atomic E-state index is 0.547. The van der Waals surface area contributed by atoms with Crippen molar-refractivity contribution in [3.8, 4) is 0 Å². The molecule has 1 aliphatic rings. The van der Waals surface area contributed by atoms with E-state index >= 15 is 0 Å². The second-order valence-electron chi connectivity index (χ2n) is 6.04. The molecule has 1 aromatic rings. The quantitative estimate of drug-likeness (QED) is 0.855. The Morgan fingerprint density at radius 2 is 2.00 bits per heavy atom.